The van der Waals surface area contributed by atoms with Crippen molar-refractivity contribution in [2.45, 2.75) is 155 Å². The van der Waals surface area contributed by atoms with Crippen LogP contribution in [0.1, 0.15) is 155 Å². The molecule has 0 rings (SSSR count). The fraction of sp³-hybridized carbons (Fsp3) is 1.00. The van der Waals surface area contributed by atoms with Crippen LogP contribution in [0, 0.1) is 0 Å². The maximum atomic E-state index is 12.3. The second-order valence-electron chi connectivity index (χ2n) is 9.17. The first-order valence-electron chi connectivity index (χ1n) is 13.7. The zero-order chi connectivity index (χ0) is 22.9. The van der Waals surface area contributed by atoms with Gasteiger partial charge in [0.1, 0.15) is 0 Å². The molecule has 188 valence electrons. The number of hydrogen-bond donors (Lipinski definition) is 0. The van der Waals surface area contributed by atoms with Crippen LogP contribution in [-0.2, 0) is 13.6 Å². The zero-order valence-electron chi connectivity index (χ0n) is 21.0. The average molecular weight is 526 g/mol. The van der Waals surface area contributed by atoms with Crippen molar-refractivity contribution in [3.8, 4) is 0 Å². The van der Waals surface area contributed by atoms with Gasteiger partial charge in [-0.2, -0.15) is 0 Å². The highest BCUT2D eigenvalue weighted by atomic mass is 79.9. The lowest BCUT2D eigenvalue weighted by Gasteiger charge is -2.12. The number of rotatable bonds is 26. The summed E-state index contributed by atoms with van der Waals surface area (Å²) in [5.41, 5.74) is 0. The highest BCUT2D eigenvalue weighted by Crippen LogP contribution is 2.56. The summed E-state index contributed by atoms with van der Waals surface area (Å²) < 4.78 is 23.2. The summed E-state index contributed by atoms with van der Waals surface area (Å²) in [7, 11) is 0. The van der Waals surface area contributed by atoms with Crippen LogP contribution < -0.4 is 0 Å². The van der Waals surface area contributed by atoms with Crippen LogP contribution >= 0.6 is 21.8 Å². The van der Waals surface area contributed by atoms with E-state index in [4.69, 9.17) is 9.05 Å². The standard InChI is InChI=1S/C26H54BrO3P/c1-3-5-7-9-11-13-15-17-19-21-23-25-29-31(27,28)30-26-24-22-20-18-16-14-12-10-8-6-4-2/h3-26H2,1-2H3. The van der Waals surface area contributed by atoms with Crippen molar-refractivity contribution >= 4 is 21.8 Å². The quantitative estimate of drug-likeness (QED) is 0.0832. The molecule has 5 heteroatoms. The minimum atomic E-state index is -3.04. The highest BCUT2D eigenvalue weighted by molar-refractivity contribution is 9.39. The van der Waals surface area contributed by atoms with Crippen LogP contribution in [-0.4, -0.2) is 13.2 Å². The summed E-state index contributed by atoms with van der Waals surface area (Å²) in [5.74, 6) is 0. The molecule has 31 heavy (non-hydrogen) atoms. The molecule has 0 atom stereocenters. The highest BCUT2D eigenvalue weighted by Gasteiger charge is 2.19. The summed E-state index contributed by atoms with van der Waals surface area (Å²) in [6.07, 6.45) is 25.6. The predicted octanol–water partition coefficient (Wildman–Crippen LogP) is 11.1. The average Bonchev–Trinajstić information content (AvgIpc) is 2.75. The SMILES string of the molecule is CCCCCCCCCCCCCOP(=O)(Br)OCCCCCCCCCCCCC. The van der Waals surface area contributed by atoms with E-state index >= 15 is 0 Å². The van der Waals surface area contributed by atoms with Gasteiger partial charge < -0.3 is 9.05 Å². The fourth-order valence-corrected chi connectivity index (χ4v) is 5.55. The Hall–Kier alpha value is 0.630. The molecule has 0 saturated carbocycles. The molecule has 0 aromatic rings. The Labute approximate surface area is 203 Å². The van der Waals surface area contributed by atoms with Gasteiger partial charge in [-0.25, -0.2) is 4.57 Å². The van der Waals surface area contributed by atoms with Crippen LogP contribution in [0.25, 0.3) is 0 Å². The van der Waals surface area contributed by atoms with Crippen molar-refractivity contribution in [1.29, 1.82) is 0 Å². The van der Waals surface area contributed by atoms with E-state index in [1.54, 1.807) is 0 Å². The smallest absolute Gasteiger partial charge is 0.301 e. The van der Waals surface area contributed by atoms with E-state index in [9.17, 15) is 4.57 Å². The Kier molecular flexibility index (Phi) is 25.8. The largest absolute Gasteiger partial charge is 0.396 e. The van der Waals surface area contributed by atoms with E-state index in [0.717, 1.165) is 25.7 Å². The first-order valence-corrected chi connectivity index (χ1v) is 17.3. The third-order valence-corrected chi connectivity index (χ3v) is 8.20. The Bertz CT molecular complexity index is 361. The Morgan fingerprint density at radius 1 is 0.452 bits per heavy atom. The summed E-state index contributed by atoms with van der Waals surface area (Å²) >= 11 is 3.15. The number of hydrogen-bond acceptors (Lipinski definition) is 3. The minimum Gasteiger partial charge on any atom is -0.301 e. The predicted molar refractivity (Wildman–Crippen MR) is 141 cm³/mol. The van der Waals surface area contributed by atoms with Gasteiger partial charge in [-0.15, -0.1) is 0 Å². The number of halogens is 1. The van der Waals surface area contributed by atoms with E-state index in [0.29, 0.717) is 13.2 Å². The van der Waals surface area contributed by atoms with Gasteiger partial charge in [0, 0.05) is 15.5 Å². The van der Waals surface area contributed by atoms with Gasteiger partial charge in [-0.3, -0.25) is 0 Å². The van der Waals surface area contributed by atoms with Crippen molar-refractivity contribution in [3.63, 3.8) is 0 Å². The molecular formula is C26H54BrO3P. The lowest BCUT2D eigenvalue weighted by Crippen LogP contribution is -1.96. The van der Waals surface area contributed by atoms with E-state index in [2.05, 4.69) is 29.3 Å². The summed E-state index contributed by atoms with van der Waals surface area (Å²) in [5, 5.41) is 0. The molecule has 0 aliphatic rings. The third-order valence-electron chi connectivity index (χ3n) is 5.99. The second-order valence-corrected chi connectivity index (χ2v) is 13.2. The third kappa shape index (κ3) is 26.8. The van der Waals surface area contributed by atoms with E-state index in [1.807, 2.05) is 0 Å². The van der Waals surface area contributed by atoms with Crippen LogP contribution in [0.5, 0.6) is 0 Å². The van der Waals surface area contributed by atoms with E-state index in [-0.39, 0.29) is 0 Å². The monoisotopic (exact) mass is 524 g/mol. The molecule has 0 bridgehead atoms. The summed E-state index contributed by atoms with van der Waals surface area (Å²) in [6.45, 7) is 5.59. The van der Waals surface area contributed by atoms with E-state index < -0.39 is 6.30 Å². The second kappa shape index (κ2) is 25.3. The zero-order valence-corrected chi connectivity index (χ0v) is 23.5. The van der Waals surface area contributed by atoms with Crippen LogP contribution in [0.2, 0.25) is 0 Å². The summed E-state index contributed by atoms with van der Waals surface area (Å²) in [4.78, 5) is 0. The maximum absolute atomic E-state index is 12.3. The van der Waals surface area contributed by atoms with Gasteiger partial charge in [0.25, 0.3) is 0 Å². The van der Waals surface area contributed by atoms with Crippen molar-refractivity contribution in [2.75, 3.05) is 13.2 Å². The first kappa shape index (κ1) is 31.6. The molecule has 0 saturated heterocycles. The van der Waals surface area contributed by atoms with Gasteiger partial charge in [0.05, 0.1) is 13.2 Å². The Morgan fingerprint density at radius 3 is 0.935 bits per heavy atom. The molecule has 0 aliphatic carbocycles. The van der Waals surface area contributed by atoms with Gasteiger partial charge in [0.15, 0.2) is 0 Å². The molecule has 0 unspecified atom stereocenters. The summed E-state index contributed by atoms with van der Waals surface area (Å²) in [6, 6.07) is 0. The van der Waals surface area contributed by atoms with Crippen molar-refractivity contribution in [1.82, 2.24) is 0 Å². The molecule has 3 nitrogen and oxygen atoms in total. The molecule has 0 radical (unpaired) electrons. The molecule has 0 fully saturated rings. The van der Waals surface area contributed by atoms with Crippen molar-refractivity contribution in [3.05, 3.63) is 0 Å². The Morgan fingerprint density at radius 2 is 0.677 bits per heavy atom. The molecule has 0 amide bonds. The fourth-order valence-electron chi connectivity index (χ4n) is 3.92. The van der Waals surface area contributed by atoms with Crippen molar-refractivity contribution < 1.29 is 13.6 Å². The molecule has 0 spiro atoms. The molecule has 0 aromatic carbocycles. The van der Waals surface area contributed by atoms with Crippen molar-refractivity contribution in [2.24, 2.45) is 0 Å². The maximum Gasteiger partial charge on any atom is 0.396 e. The molecule has 0 aliphatic heterocycles. The lowest BCUT2D eigenvalue weighted by molar-refractivity contribution is 0.213. The molecule has 0 aromatic heterocycles. The van der Waals surface area contributed by atoms with Gasteiger partial charge in [0.2, 0.25) is 0 Å². The van der Waals surface area contributed by atoms with Crippen LogP contribution in [0.4, 0.5) is 0 Å². The topological polar surface area (TPSA) is 35.5 Å². The normalized spacial score (nSPS) is 12.0. The van der Waals surface area contributed by atoms with Crippen LogP contribution in [0.15, 0.2) is 0 Å². The first-order chi connectivity index (χ1) is 15.1. The Balaban J connectivity index is 3.30. The molecule has 0 heterocycles. The molecule has 0 N–H and O–H groups in total. The van der Waals surface area contributed by atoms with E-state index in [1.165, 1.54) is 116 Å². The molecular weight excluding hydrogens is 471 g/mol. The van der Waals surface area contributed by atoms with Gasteiger partial charge in [-0.05, 0) is 12.8 Å². The lowest BCUT2D eigenvalue weighted by atomic mass is 10.1. The van der Waals surface area contributed by atoms with Crippen LogP contribution in [0.3, 0.4) is 0 Å². The van der Waals surface area contributed by atoms with Gasteiger partial charge >= 0.3 is 6.30 Å². The van der Waals surface area contributed by atoms with Gasteiger partial charge in [-0.1, -0.05) is 142 Å². The number of unbranched alkanes of at least 4 members (excludes halogenated alkanes) is 20. The minimum absolute atomic E-state index is 0.526.